The number of halogens is 1. The zero-order valence-corrected chi connectivity index (χ0v) is 15.9. The van der Waals surface area contributed by atoms with Crippen molar-refractivity contribution in [2.75, 3.05) is 26.7 Å². The van der Waals surface area contributed by atoms with Gasteiger partial charge in [-0.25, -0.2) is 0 Å². The molecule has 2 aromatic rings. The molecule has 25 heavy (non-hydrogen) atoms. The predicted octanol–water partition coefficient (Wildman–Crippen LogP) is 3.12. The monoisotopic (exact) mass is 402 g/mol. The molecule has 132 valence electrons. The van der Waals surface area contributed by atoms with Crippen molar-refractivity contribution in [3.63, 3.8) is 0 Å². The van der Waals surface area contributed by atoms with Crippen LogP contribution >= 0.6 is 15.9 Å². The first-order chi connectivity index (χ1) is 12.2. The average molecular weight is 403 g/mol. The van der Waals surface area contributed by atoms with Gasteiger partial charge in [-0.15, -0.1) is 0 Å². The third-order valence-electron chi connectivity index (χ3n) is 4.41. The van der Waals surface area contributed by atoms with Gasteiger partial charge in [-0.2, -0.15) is 0 Å². The van der Waals surface area contributed by atoms with E-state index in [0.717, 1.165) is 18.3 Å². The van der Waals surface area contributed by atoms with Gasteiger partial charge < -0.3 is 15.4 Å². The van der Waals surface area contributed by atoms with E-state index in [2.05, 4.69) is 60.8 Å². The number of benzene rings is 1. The van der Waals surface area contributed by atoms with Crippen molar-refractivity contribution >= 4 is 21.9 Å². The van der Waals surface area contributed by atoms with Gasteiger partial charge >= 0.3 is 0 Å². The number of ether oxygens (including phenoxy) is 1. The summed E-state index contributed by atoms with van der Waals surface area (Å²) in [4.78, 5) is 8.32. The van der Waals surface area contributed by atoms with Gasteiger partial charge in [0.1, 0.15) is 12.4 Å². The highest BCUT2D eigenvalue weighted by Crippen LogP contribution is 2.49. The van der Waals surface area contributed by atoms with Gasteiger partial charge in [0, 0.05) is 29.7 Å². The van der Waals surface area contributed by atoms with Crippen LogP contribution in [0, 0.1) is 0 Å². The van der Waals surface area contributed by atoms with Crippen molar-refractivity contribution < 1.29 is 4.74 Å². The summed E-state index contributed by atoms with van der Waals surface area (Å²) in [5, 5.41) is 6.73. The second kappa shape index (κ2) is 8.34. The summed E-state index contributed by atoms with van der Waals surface area (Å²) in [5.74, 6) is 1.58. The molecule has 0 amide bonds. The van der Waals surface area contributed by atoms with Gasteiger partial charge in [-0.1, -0.05) is 34.1 Å². The molecule has 1 saturated carbocycles. The van der Waals surface area contributed by atoms with Crippen LogP contribution in [0.25, 0.3) is 0 Å². The predicted molar refractivity (Wildman–Crippen MR) is 104 cm³/mol. The van der Waals surface area contributed by atoms with Crippen LogP contribution in [0.5, 0.6) is 5.75 Å². The minimum absolute atomic E-state index is 0.212. The fourth-order valence-electron chi connectivity index (χ4n) is 2.83. The normalized spacial score (nSPS) is 15.5. The molecule has 1 aliphatic rings. The first-order valence-corrected chi connectivity index (χ1v) is 9.25. The minimum Gasteiger partial charge on any atom is -0.490 e. The number of aliphatic imine (C=N–C) groups is 1. The molecular weight excluding hydrogens is 380 g/mol. The van der Waals surface area contributed by atoms with Crippen molar-refractivity contribution in [1.82, 2.24) is 15.6 Å². The van der Waals surface area contributed by atoms with Crippen molar-refractivity contribution in [3.8, 4) is 5.75 Å². The Labute approximate surface area is 157 Å². The fourth-order valence-corrected chi connectivity index (χ4v) is 3.53. The molecule has 0 radical (unpaired) electrons. The maximum absolute atomic E-state index is 5.63. The molecular formula is C19H23BrN4O. The SMILES string of the molecule is CN=C(NCCOc1cccnc1)NCC1(c2ccccc2Br)CC1. The highest BCUT2D eigenvalue weighted by molar-refractivity contribution is 9.10. The van der Waals surface area contributed by atoms with E-state index >= 15 is 0 Å². The molecule has 0 bridgehead atoms. The smallest absolute Gasteiger partial charge is 0.191 e. The molecule has 5 nitrogen and oxygen atoms in total. The number of guanidine groups is 1. The minimum atomic E-state index is 0.212. The van der Waals surface area contributed by atoms with Crippen LogP contribution in [0.1, 0.15) is 18.4 Å². The van der Waals surface area contributed by atoms with Gasteiger partial charge in [0.05, 0.1) is 12.7 Å². The quantitative estimate of drug-likeness (QED) is 0.424. The van der Waals surface area contributed by atoms with E-state index in [0.29, 0.717) is 13.2 Å². The van der Waals surface area contributed by atoms with Crippen LogP contribution in [0.15, 0.2) is 58.3 Å². The summed E-state index contributed by atoms with van der Waals surface area (Å²) in [6, 6.07) is 12.2. The number of hydrogen-bond donors (Lipinski definition) is 2. The largest absolute Gasteiger partial charge is 0.490 e. The zero-order chi connectivity index (χ0) is 17.5. The Bertz CT molecular complexity index is 716. The maximum atomic E-state index is 5.63. The lowest BCUT2D eigenvalue weighted by atomic mass is 9.96. The maximum Gasteiger partial charge on any atom is 0.191 e. The van der Waals surface area contributed by atoms with E-state index in [1.807, 2.05) is 12.1 Å². The molecule has 1 aliphatic carbocycles. The topological polar surface area (TPSA) is 58.5 Å². The molecule has 1 aromatic heterocycles. The van der Waals surface area contributed by atoms with Crippen molar-refractivity contribution in [1.29, 1.82) is 0 Å². The number of rotatable bonds is 7. The lowest BCUT2D eigenvalue weighted by Crippen LogP contribution is -2.42. The van der Waals surface area contributed by atoms with Crippen molar-refractivity contribution in [2.24, 2.45) is 4.99 Å². The van der Waals surface area contributed by atoms with E-state index in [4.69, 9.17) is 4.74 Å². The van der Waals surface area contributed by atoms with Crippen LogP contribution in [0.4, 0.5) is 0 Å². The molecule has 6 heteroatoms. The van der Waals surface area contributed by atoms with Crippen molar-refractivity contribution in [3.05, 3.63) is 58.8 Å². The van der Waals surface area contributed by atoms with Crippen LogP contribution in [-0.4, -0.2) is 37.7 Å². The molecule has 0 atom stereocenters. The summed E-state index contributed by atoms with van der Waals surface area (Å²) in [5.41, 5.74) is 1.59. The van der Waals surface area contributed by atoms with E-state index < -0.39 is 0 Å². The Hall–Kier alpha value is -2.08. The van der Waals surface area contributed by atoms with Crippen LogP contribution in [0.2, 0.25) is 0 Å². The summed E-state index contributed by atoms with van der Waals surface area (Å²) in [6.07, 6.45) is 5.84. The molecule has 1 aromatic carbocycles. The average Bonchev–Trinajstić information content (AvgIpc) is 3.43. The number of nitrogens with one attached hydrogen (secondary N) is 2. The Morgan fingerprint density at radius 2 is 2.08 bits per heavy atom. The lowest BCUT2D eigenvalue weighted by molar-refractivity contribution is 0.320. The van der Waals surface area contributed by atoms with E-state index in [1.54, 1.807) is 19.4 Å². The van der Waals surface area contributed by atoms with Crippen LogP contribution < -0.4 is 15.4 Å². The van der Waals surface area contributed by atoms with Gasteiger partial charge in [0.15, 0.2) is 5.96 Å². The Kier molecular flexibility index (Phi) is 5.91. The number of pyridine rings is 1. The standard InChI is InChI=1S/C19H23BrN4O/c1-21-18(23-11-12-25-15-5-4-10-22-13-15)24-14-19(8-9-19)16-6-2-3-7-17(16)20/h2-7,10,13H,8-9,11-12,14H2,1H3,(H2,21,23,24). The first-order valence-electron chi connectivity index (χ1n) is 8.46. The Morgan fingerprint density at radius 3 is 2.76 bits per heavy atom. The van der Waals surface area contributed by atoms with Gasteiger partial charge in [0.2, 0.25) is 0 Å². The summed E-state index contributed by atoms with van der Waals surface area (Å²) < 4.78 is 6.81. The van der Waals surface area contributed by atoms with E-state index in [1.165, 1.54) is 22.9 Å². The first kappa shape index (κ1) is 17.7. The molecule has 3 rings (SSSR count). The van der Waals surface area contributed by atoms with Crippen molar-refractivity contribution in [2.45, 2.75) is 18.3 Å². The summed E-state index contributed by atoms with van der Waals surface area (Å²) in [6.45, 7) is 2.11. The molecule has 0 spiro atoms. The Balaban J connectivity index is 1.45. The summed E-state index contributed by atoms with van der Waals surface area (Å²) >= 11 is 3.67. The third kappa shape index (κ3) is 4.72. The number of hydrogen-bond acceptors (Lipinski definition) is 3. The van der Waals surface area contributed by atoms with Crippen LogP contribution in [-0.2, 0) is 5.41 Å². The summed E-state index contributed by atoms with van der Waals surface area (Å²) in [7, 11) is 1.79. The molecule has 0 saturated heterocycles. The van der Waals surface area contributed by atoms with Gasteiger partial charge in [-0.3, -0.25) is 9.98 Å². The third-order valence-corrected chi connectivity index (χ3v) is 5.11. The molecule has 1 heterocycles. The second-order valence-corrected chi connectivity index (χ2v) is 7.00. The van der Waals surface area contributed by atoms with Gasteiger partial charge in [-0.05, 0) is 36.6 Å². The highest BCUT2D eigenvalue weighted by Gasteiger charge is 2.45. The molecule has 1 fully saturated rings. The molecule has 2 N–H and O–H groups in total. The Morgan fingerprint density at radius 1 is 1.24 bits per heavy atom. The fraction of sp³-hybridized carbons (Fsp3) is 0.368. The second-order valence-electron chi connectivity index (χ2n) is 6.15. The van der Waals surface area contributed by atoms with Crippen LogP contribution in [0.3, 0.4) is 0 Å². The van der Waals surface area contributed by atoms with Gasteiger partial charge in [0.25, 0.3) is 0 Å². The number of nitrogens with zero attached hydrogens (tertiary/aromatic N) is 2. The molecule has 0 unspecified atom stereocenters. The van der Waals surface area contributed by atoms with E-state index in [-0.39, 0.29) is 5.41 Å². The number of aromatic nitrogens is 1. The lowest BCUT2D eigenvalue weighted by Gasteiger charge is -2.20. The molecule has 0 aliphatic heterocycles. The van der Waals surface area contributed by atoms with E-state index in [9.17, 15) is 0 Å². The highest BCUT2D eigenvalue weighted by atomic mass is 79.9. The zero-order valence-electron chi connectivity index (χ0n) is 14.3.